The molecule has 5 heteroatoms. The van der Waals surface area contributed by atoms with E-state index in [1.54, 1.807) is 0 Å². The van der Waals surface area contributed by atoms with E-state index in [9.17, 15) is 4.79 Å². The number of halogens is 2. The molecule has 0 bridgehead atoms. The maximum Gasteiger partial charge on any atom is 0.253 e. The molecule has 1 aromatic rings. The molecule has 1 saturated heterocycles. The van der Waals surface area contributed by atoms with Gasteiger partial charge in [0.15, 0.2) is 0 Å². The minimum absolute atomic E-state index is 0.0945. The van der Waals surface area contributed by atoms with E-state index >= 15 is 0 Å². The molecule has 0 spiro atoms. The highest BCUT2D eigenvalue weighted by Gasteiger charge is 2.23. The van der Waals surface area contributed by atoms with E-state index in [0.29, 0.717) is 12.5 Å². The van der Waals surface area contributed by atoms with Gasteiger partial charge in [0.1, 0.15) is 0 Å². The Morgan fingerprint density at radius 1 is 1.42 bits per heavy atom. The normalized spacial score (nSPS) is 16.6. The molecule has 1 aliphatic rings. The second-order valence-electron chi connectivity index (χ2n) is 4.56. The number of benzene rings is 1. The van der Waals surface area contributed by atoms with Crippen molar-refractivity contribution in [2.75, 3.05) is 25.6 Å². The van der Waals surface area contributed by atoms with Crippen molar-refractivity contribution in [2.24, 2.45) is 0 Å². The van der Waals surface area contributed by atoms with Crippen LogP contribution < -0.4 is 0 Å². The molecule has 104 valence electrons. The average Bonchev–Trinajstić information content (AvgIpc) is 2.45. The summed E-state index contributed by atoms with van der Waals surface area (Å²) in [5.41, 5.74) is 0.731. The van der Waals surface area contributed by atoms with Gasteiger partial charge in [-0.25, -0.2) is 0 Å². The number of alkyl halides is 1. The Morgan fingerprint density at radius 2 is 2.16 bits per heavy atom. The first kappa shape index (κ1) is 14.8. The van der Waals surface area contributed by atoms with Gasteiger partial charge in [-0.05, 0) is 31.0 Å². The molecular formula is C14H17BrClNO2. The highest BCUT2D eigenvalue weighted by atomic mass is 79.9. The molecule has 1 aromatic carbocycles. The fraction of sp³-hybridized carbons (Fsp3) is 0.500. The molecule has 0 aromatic heterocycles. The quantitative estimate of drug-likeness (QED) is 0.783. The lowest BCUT2D eigenvalue weighted by Crippen LogP contribution is -2.41. The largest absolute Gasteiger partial charge is 0.377 e. The molecule has 0 radical (unpaired) electrons. The van der Waals surface area contributed by atoms with E-state index in [2.05, 4.69) is 15.9 Å². The molecule has 1 fully saturated rings. The van der Waals surface area contributed by atoms with Crippen molar-refractivity contribution in [1.82, 2.24) is 4.90 Å². The van der Waals surface area contributed by atoms with Gasteiger partial charge >= 0.3 is 0 Å². The van der Waals surface area contributed by atoms with E-state index in [1.165, 1.54) is 0 Å². The van der Waals surface area contributed by atoms with Crippen molar-refractivity contribution in [2.45, 2.75) is 18.9 Å². The van der Waals surface area contributed by atoms with Gasteiger partial charge in [0.2, 0.25) is 0 Å². The van der Waals surface area contributed by atoms with Crippen LogP contribution in [-0.4, -0.2) is 42.5 Å². The molecule has 19 heavy (non-hydrogen) atoms. The summed E-state index contributed by atoms with van der Waals surface area (Å²) in [6.07, 6.45) is 2.01. The van der Waals surface area contributed by atoms with Crippen molar-refractivity contribution in [3.63, 3.8) is 0 Å². The third-order valence-electron chi connectivity index (χ3n) is 3.23. The zero-order valence-electron chi connectivity index (χ0n) is 10.6. The summed E-state index contributed by atoms with van der Waals surface area (Å²) in [5, 5.41) is 0. The van der Waals surface area contributed by atoms with Crippen LogP contribution in [0.2, 0.25) is 0 Å². The van der Waals surface area contributed by atoms with Crippen LogP contribution in [0.1, 0.15) is 23.2 Å². The first-order valence-electron chi connectivity index (χ1n) is 6.43. The maximum atomic E-state index is 12.3. The zero-order valence-corrected chi connectivity index (χ0v) is 13.0. The van der Waals surface area contributed by atoms with Gasteiger partial charge in [0, 0.05) is 29.0 Å². The summed E-state index contributed by atoms with van der Waals surface area (Å²) in [5.74, 6) is 0.620. The number of carbonyl (C=O) groups excluding carboxylic acids is 1. The number of amides is 1. The van der Waals surface area contributed by atoms with Crippen molar-refractivity contribution in [1.29, 1.82) is 0 Å². The zero-order chi connectivity index (χ0) is 13.7. The highest BCUT2D eigenvalue weighted by Crippen LogP contribution is 2.18. The monoisotopic (exact) mass is 345 g/mol. The summed E-state index contributed by atoms with van der Waals surface area (Å²) in [6, 6.07) is 7.51. The van der Waals surface area contributed by atoms with Crippen molar-refractivity contribution in [3.8, 4) is 0 Å². The van der Waals surface area contributed by atoms with Crippen molar-refractivity contribution < 1.29 is 9.53 Å². The number of nitrogens with zero attached hydrogens (tertiary/aromatic N) is 1. The Labute approximate surface area is 127 Å². The minimum atomic E-state index is 0.0945. The minimum Gasteiger partial charge on any atom is -0.377 e. The van der Waals surface area contributed by atoms with E-state index in [1.807, 2.05) is 29.2 Å². The second-order valence-corrected chi connectivity index (χ2v) is 5.86. The molecule has 0 saturated carbocycles. The van der Waals surface area contributed by atoms with Gasteiger partial charge in [-0.3, -0.25) is 4.79 Å². The highest BCUT2D eigenvalue weighted by molar-refractivity contribution is 9.10. The first-order valence-corrected chi connectivity index (χ1v) is 7.76. The lowest BCUT2D eigenvalue weighted by Gasteiger charge is -2.32. The third kappa shape index (κ3) is 4.20. The Balaban J connectivity index is 1.89. The second kappa shape index (κ2) is 7.27. The van der Waals surface area contributed by atoms with Crippen molar-refractivity contribution in [3.05, 3.63) is 34.3 Å². The summed E-state index contributed by atoms with van der Waals surface area (Å²) in [7, 11) is 0. The van der Waals surface area contributed by atoms with Crippen LogP contribution in [0.15, 0.2) is 28.7 Å². The molecule has 1 heterocycles. The van der Waals surface area contributed by atoms with E-state index in [-0.39, 0.29) is 12.0 Å². The molecule has 0 unspecified atom stereocenters. The van der Waals surface area contributed by atoms with Crippen LogP contribution in [0, 0.1) is 0 Å². The van der Waals surface area contributed by atoms with Crippen molar-refractivity contribution >= 4 is 33.4 Å². The standard InChI is InChI=1S/C14H17BrClNO2/c15-12-3-1-2-11(10-12)14(18)17-7-4-13(5-8-17)19-9-6-16/h1-3,10,13H,4-9H2. The molecular weight excluding hydrogens is 330 g/mol. The first-order chi connectivity index (χ1) is 9.20. The Bertz CT molecular complexity index is 433. The number of ether oxygens (including phenoxy) is 1. The third-order valence-corrected chi connectivity index (χ3v) is 3.88. The van der Waals surface area contributed by atoms with Crippen LogP contribution >= 0.6 is 27.5 Å². The fourth-order valence-electron chi connectivity index (χ4n) is 2.24. The summed E-state index contributed by atoms with van der Waals surface area (Å²) < 4.78 is 6.54. The molecule has 1 amide bonds. The lowest BCUT2D eigenvalue weighted by atomic mass is 10.1. The van der Waals surface area contributed by atoms with Gasteiger partial charge in [-0.15, -0.1) is 11.6 Å². The van der Waals surface area contributed by atoms with E-state index in [4.69, 9.17) is 16.3 Å². The molecule has 0 aliphatic carbocycles. The predicted molar refractivity (Wildman–Crippen MR) is 79.7 cm³/mol. The Morgan fingerprint density at radius 3 is 2.79 bits per heavy atom. The topological polar surface area (TPSA) is 29.5 Å². The molecule has 3 nitrogen and oxygen atoms in total. The van der Waals surface area contributed by atoms with Gasteiger partial charge in [0.25, 0.3) is 5.91 Å². The molecule has 1 aliphatic heterocycles. The SMILES string of the molecule is O=C(c1cccc(Br)c1)N1CCC(OCCCl)CC1. The maximum absolute atomic E-state index is 12.3. The Hall–Kier alpha value is -0.580. The number of hydrogen-bond acceptors (Lipinski definition) is 2. The number of piperidine rings is 1. The van der Waals surface area contributed by atoms with Crippen LogP contribution in [0.4, 0.5) is 0 Å². The Kier molecular flexibility index (Phi) is 5.67. The summed E-state index contributed by atoms with van der Waals surface area (Å²) in [4.78, 5) is 14.2. The van der Waals surface area contributed by atoms with Gasteiger partial charge in [0.05, 0.1) is 12.7 Å². The van der Waals surface area contributed by atoms with Gasteiger partial charge in [-0.2, -0.15) is 0 Å². The van der Waals surface area contributed by atoms with Gasteiger partial charge < -0.3 is 9.64 Å². The summed E-state index contributed by atoms with van der Waals surface area (Å²) in [6.45, 7) is 2.09. The summed E-state index contributed by atoms with van der Waals surface area (Å²) >= 11 is 8.99. The number of rotatable bonds is 4. The van der Waals surface area contributed by atoms with E-state index < -0.39 is 0 Å². The van der Waals surface area contributed by atoms with Crippen LogP contribution in [0.3, 0.4) is 0 Å². The number of carbonyl (C=O) groups is 1. The molecule has 2 rings (SSSR count). The lowest BCUT2D eigenvalue weighted by molar-refractivity contribution is 0.0154. The molecule has 0 N–H and O–H groups in total. The van der Waals surface area contributed by atoms with Crippen LogP contribution in [0.25, 0.3) is 0 Å². The average molecular weight is 347 g/mol. The van der Waals surface area contributed by atoms with Gasteiger partial charge in [-0.1, -0.05) is 22.0 Å². The smallest absolute Gasteiger partial charge is 0.253 e. The fourth-order valence-corrected chi connectivity index (χ4v) is 2.73. The predicted octanol–water partition coefficient (Wildman–Crippen LogP) is 3.31. The van der Waals surface area contributed by atoms with Crippen LogP contribution in [0.5, 0.6) is 0 Å². The van der Waals surface area contributed by atoms with E-state index in [0.717, 1.165) is 36.0 Å². The molecule has 0 atom stereocenters. The number of hydrogen-bond donors (Lipinski definition) is 0. The van der Waals surface area contributed by atoms with Crippen LogP contribution in [-0.2, 0) is 4.74 Å². The number of likely N-dealkylation sites (tertiary alicyclic amines) is 1.